The van der Waals surface area contributed by atoms with E-state index >= 15 is 0 Å². The maximum absolute atomic E-state index is 12.6. The third-order valence-electron chi connectivity index (χ3n) is 5.50. The van der Waals surface area contributed by atoms with Gasteiger partial charge in [0.2, 0.25) is 0 Å². The zero-order chi connectivity index (χ0) is 22.9. The topological polar surface area (TPSA) is 46.5 Å². The molecule has 1 N–H and O–H groups in total. The van der Waals surface area contributed by atoms with Crippen LogP contribution in [0.5, 0.6) is 5.75 Å². The Labute approximate surface area is 187 Å². The predicted octanol–water partition coefficient (Wildman–Crippen LogP) is 7.83. The fourth-order valence-corrected chi connectivity index (χ4v) is 3.76. The van der Waals surface area contributed by atoms with Gasteiger partial charge in [-0.25, -0.2) is 4.79 Å². The summed E-state index contributed by atoms with van der Waals surface area (Å²) < 4.78 is 29.6. The first-order valence-corrected chi connectivity index (χ1v) is 11.0. The van der Waals surface area contributed by atoms with Crippen molar-refractivity contribution < 1.29 is 23.4 Å². The number of benzene rings is 3. The SMILES string of the molecule is CCCCCCCc1ccc(-c2ccc(-c3cc(OC(F)F)ccc3C(=O)O)cc2)cc1. The normalized spacial score (nSPS) is 11.0. The van der Waals surface area contributed by atoms with Crippen molar-refractivity contribution in [2.45, 2.75) is 52.1 Å². The largest absolute Gasteiger partial charge is 0.478 e. The van der Waals surface area contributed by atoms with Crippen LogP contribution in [-0.2, 0) is 6.42 Å². The Morgan fingerprint density at radius 2 is 1.44 bits per heavy atom. The molecule has 3 rings (SSSR count). The number of aryl methyl sites for hydroxylation is 1. The zero-order valence-electron chi connectivity index (χ0n) is 18.2. The van der Waals surface area contributed by atoms with E-state index in [-0.39, 0.29) is 11.3 Å². The van der Waals surface area contributed by atoms with Crippen LogP contribution in [0.4, 0.5) is 8.78 Å². The van der Waals surface area contributed by atoms with Gasteiger partial charge in [0, 0.05) is 0 Å². The lowest BCUT2D eigenvalue weighted by molar-refractivity contribution is -0.0498. The average molecular weight is 439 g/mol. The predicted molar refractivity (Wildman–Crippen MR) is 123 cm³/mol. The molecule has 0 aromatic heterocycles. The van der Waals surface area contributed by atoms with Crippen LogP contribution in [0.2, 0.25) is 0 Å². The van der Waals surface area contributed by atoms with Gasteiger partial charge in [0.05, 0.1) is 5.56 Å². The average Bonchev–Trinajstić information content (AvgIpc) is 2.79. The van der Waals surface area contributed by atoms with Gasteiger partial charge in [-0.1, -0.05) is 81.1 Å². The highest BCUT2D eigenvalue weighted by Crippen LogP contribution is 2.31. The molecule has 3 aromatic rings. The molecule has 0 atom stereocenters. The maximum atomic E-state index is 12.6. The first kappa shape index (κ1) is 23.5. The molecular weight excluding hydrogens is 410 g/mol. The number of aromatic carboxylic acids is 1. The van der Waals surface area contributed by atoms with E-state index in [9.17, 15) is 18.7 Å². The molecule has 0 radical (unpaired) electrons. The van der Waals surface area contributed by atoms with Crippen LogP contribution in [0.1, 0.15) is 54.9 Å². The van der Waals surface area contributed by atoms with E-state index in [2.05, 4.69) is 35.9 Å². The quantitative estimate of drug-likeness (QED) is 0.310. The number of alkyl halides is 2. The number of carboxylic acid groups (broad SMARTS) is 1. The van der Waals surface area contributed by atoms with Crippen LogP contribution in [0.15, 0.2) is 66.7 Å². The van der Waals surface area contributed by atoms with Gasteiger partial charge in [0.1, 0.15) is 5.75 Å². The van der Waals surface area contributed by atoms with Crippen molar-refractivity contribution in [3.63, 3.8) is 0 Å². The van der Waals surface area contributed by atoms with Crippen molar-refractivity contribution in [1.29, 1.82) is 0 Å². The highest BCUT2D eigenvalue weighted by Gasteiger charge is 2.15. The van der Waals surface area contributed by atoms with Crippen LogP contribution in [-0.4, -0.2) is 17.7 Å². The van der Waals surface area contributed by atoms with E-state index in [0.717, 1.165) is 17.5 Å². The Kier molecular flexibility index (Phi) is 8.37. The Morgan fingerprint density at radius 1 is 0.844 bits per heavy atom. The third-order valence-corrected chi connectivity index (χ3v) is 5.50. The molecule has 32 heavy (non-hydrogen) atoms. The molecule has 3 aromatic carbocycles. The van der Waals surface area contributed by atoms with Gasteiger partial charge in [0.25, 0.3) is 0 Å². The van der Waals surface area contributed by atoms with Crippen molar-refractivity contribution in [1.82, 2.24) is 0 Å². The summed E-state index contributed by atoms with van der Waals surface area (Å²) in [5.74, 6) is -1.20. The summed E-state index contributed by atoms with van der Waals surface area (Å²) in [7, 11) is 0. The number of unbranched alkanes of at least 4 members (excludes halogenated alkanes) is 4. The molecule has 0 saturated carbocycles. The number of hydrogen-bond acceptors (Lipinski definition) is 2. The number of rotatable bonds is 11. The Balaban J connectivity index is 1.74. The first-order valence-electron chi connectivity index (χ1n) is 11.0. The maximum Gasteiger partial charge on any atom is 0.387 e. The summed E-state index contributed by atoms with van der Waals surface area (Å²) >= 11 is 0. The van der Waals surface area contributed by atoms with Crippen LogP contribution in [0, 0.1) is 0 Å². The summed E-state index contributed by atoms with van der Waals surface area (Å²) in [4.78, 5) is 11.6. The standard InChI is InChI=1S/C27H28F2O3/c1-2-3-4-5-6-7-19-8-10-20(11-9-19)21-12-14-22(15-13-21)25-18-23(32-27(28)29)16-17-24(25)26(30)31/h8-18,27H,2-7H2,1H3,(H,30,31). The first-order chi connectivity index (χ1) is 15.5. The molecule has 0 aliphatic rings. The highest BCUT2D eigenvalue weighted by atomic mass is 19.3. The van der Waals surface area contributed by atoms with E-state index in [1.807, 2.05) is 12.1 Å². The molecule has 0 saturated heterocycles. The molecule has 3 nitrogen and oxygen atoms in total. The number of ether oxygens (including phenoxy) is 1. The van der Waals surface area contributed by atoms with Crippen LogP contribution in [0.3, 0.4) is 0 Å². The van der Waals surface area contributed by atoms with Crippen molar-refractivity contribution in [2.75, 3.05) is 0 Å². The van der Waals surface area contributed by atoms with Crippen LogP contribution >= 0.6 is 0 Å². The summed E-state index contributed by atoms with van der Waals surface area (Å²) in [6, 6.07) is 19.7. The van der Waals surface area contributed by atoms with Gasteiger partial charge in [-0.05, 0) is 58.9 Å². The van der Waals surface area contributed by atoms with Gasteiger partial charge in [-0.15, -0.1) is 0 Å². The molecule has 0 amide bonds. The molecular formula is C27H28F2O3. The van der Waals surface area contributed by atoms with E-state index in [1.54, 1.807) is 12.1 Å². The van der Waals surface area contributed by atoms with E-state index in [1.165, 1.54) is 55.9 Å². The lowest BCUT2D eigenvalue weighted by Gasteiger charge is -2.11. The molecule has 0 bridgehead atoms. The monoisotopic (exact) mass is 438 g/mol. The lowest BCUT2D eigenvalue weighted by Crippen LogP contribution is -2.04. The molecule has 168 valence electrons. The van der Waals surface area contributed by atoms with Crippen molar-refractivity contribution in [3.05, 3.63) is 77.9 Å². The zero-order valence-corrected chi connectivity index (χ0v) is 18.2. The van der Waals surface area contributed by atoms with Gasteiger partial charge in [-0.3, -0.25) is 0 Å². The second-order valence-electron chi connectivity index (χ2n) is 7.83. The summed E-state index contributed by atoms with van der Waals surface area (Å²) in [5, 5.41) is 9.47. The van der Waals surface area contributed by atoms with Crippen molar-refractivity contribution >= 4 is 5.97 Å². The van der Waals surface area contributed by atoms with Gasteiger partial charge < -0.3 is 9.84 Å². The van der Waals surface area contributed by atoms with Crippen LogP contribution < -0.4 is 4.74 Å². The van der Waals surface area contributed by atoms with E-state index in [0.29, 0.717) is 11.1 Å². The number of carbonyl (C=O) groups is 1. The second kappa shape index (κ2) is 11.4. The van der Waals surface area contributed by atoms with Crippen LogP contribution in [0.25, 0.3) is 22.3 Å². The molecule has 0 heterocycles. The summed E-state index contributed by atoms with van der Waals surface area (Å²) in [5.41, 5.74) is 4.38. The molecule has 0 aliphatic heterocycles. The highest BCUT2D eigenvalue weighted by molar-refractivity contribution is 5.96. The fraction of sp³-hybridized carbons (Fsp3) is 0.296. The summed E-state index contributed by atoms with van der Waals surface area (Å²) in [6.07, 6.45) is 7.39. The summed E-state index contributed by atoms with van der Waals surface area (Å²) in [6.45, 7) is -0.754. The Hall–Kier alpha value is -3.21. The minimum atomic E-state index is -2.97. The second-order valence-corrected chi connectivity index (χ2v) is 7.83. The van der Waals surface area contributed by atoms with Gasteiger partial charge in [-0.2, -0.15) is 8.78 Å². The fourth-order valence-electron chi connectivity index (χ4n) is 3.76. The third kappa shape index (κ3) is 6.39. The minimum absolute atomic E-state index is 0.0302. The van der Waals surface area contributed by atoms with E-state index in [4.69, 9.17) is 0 Å². The van der Waals surface area contributed by atoms with Crippen molar-refractivity contribution in [2.24, 2.45) is 0 Å². The molecule has 0 unspecified atom stereocenters. The molecule has 0 fully saturated rings. The molecule has 5 heteroatoms. The number of halogens is 2. The number of carboxylic acids is 1. The van der Waals surface area contributed by atoms with E-state index < -0.39 is 12.6 Å². The molecule has 0 spiro atoms. The molecule has 0 aliphatic carbocycles. The Morgan fingerprint density at radius 3 is 2.03 bits per heavy atom. The number of hydrogen-bond donors (Lipinski definition) is 1. The minimum Gasteiger partial charge on any atom is -0.478 e. The van der Waals surface area contributed by atoms with Gasteiger partial charge in [0.15, 0.2) is 0 Å². The lowest BCUT2D eigenvalue weighted by atomic mass is 9.96. The smallest absolute Gasteiger partial charge is 0.387 e. The Bertz CT molecular complexity index is 1010. The van der Waals surface area contributed by atoms with Gasteiger partial charge >= 0.3 is 12.6 Å². The van der Waals surface area contributed by atoms with Crippen molar-refractivity contribution in [3.8, 4) is 28.0 Å².